The van der Waals surface area contributed by atoms with Crippen molar-refractivity contribution >= 4 is 32.5 Å². The molecule has 0 aliphatic heterocycles. The highest BCUT2D eigenvalue weighted by Crippen LogP contribution is 2.29. The molecule has 0 radical (unpaired) electrons. The molecule has 24 heavy (non-hydrogen) atoms. The van der Waals surface area contributed by atoms with Gasteiger partial charge in [0, 0.05) is 5.56 Å². The molecule has 0 spiro atoms. The van der Waals surface area contributed by atoms with Crippen LogP contribution in [0.25, 0.3) is 21.5 Å². The molecule has 4 rings (SSSR count). The summed E-state index contributed by atoms with van der Waals surface area (Å²) in [4.78, 5) is 4.60. The van der Waals surface area contributed by atoms with Crippen LogP contribution in [0.1, 0.15) is 12.5 Å². The Kier molecular flexibility index (Phi) is 3.92. The molecule has 0 atom stereocenters. The summed E-state index contributed by atoms with van der Waals surface area (Å²) in [6, 6.07) is 20.3. The second-order valence-corrected chi connectivity index (χ2v) is 6.50. The van der Waals surface area contributed by atoms with Crippen LogP contribution in [0.15, 0.2) is 60.7 Å². The van der Waals surface area contributed by atoms with Crippen molar-refractivity contribution in [2.24, 2.45) is 0 Å². The molecule has 2 heterocycles. The van der Waals surface area contributed by atoms with Crippen molar-refractivity contribution in [2.75, 3.05) is 5.32 Å². The van der Waals surface area contributed by atoms with Crippen LogP contribution >= 0.6 is 11.3 Å². The van der Waals surface area contributed by atoms with Crippen molar-refractivity contribution < 1.29 is 0 Å². The number of thiazole rings is 1. The summed E-state index contributed by atoms with van der Waals surface area (Å²) in [5, 5.41) is 12.6. The first-order chi connectivity index (χ1) is 11.8. The van der Waals surface area contributed by atoms with E-state index in [9.17, 15) is 0 Å². The molecule has 0 aliphatic carbocycles. The quantitative estimate of drug-likeness (QED) is 0.567. The molecule has 0 amide bonds. The van der Waals surface area contributed by atoms with E-state index in [4.69, 9.17) is 0 Å². The van der Waals surface area contributed by atoms with Gasteiger partial charge in [0.05, 0.1) is 15.9 Å². The molecular formula is C19H16N4S. The van der Waals surface area contributed by atoms with Crippen molar-refractivity contribution in [3.05, 3.63) is 66.2 Å². The second kappa shape index (κ2) is 6.37. The van der Waals surface area contributed by atoms with Crippen LogP contribution in [0.5, 0.6) is 0 Å². The summed E-state index contributed by atoms with van der Waals surface area (Å²) in [5.74, 6) is 0.699. The molecular weight excluding hydrogens is 316 g/mol. The van der Waals surface area contributed by atoms with Gasteiger partial charge in [-0.25, -0.2) is 4.98 Å². The fourth-order valence-electron chi connectivity index (χ4n) is 2.51. The first-order valence-corrected chi connectivity index (χ1v) is 8.69. The van der Waals surface area contributed by atoms with Gasteiger partial charge in [0.15, 0.2) is 10.9 Å². The first-order valence-electron chi connectivity index (χ1n) is 7.87. The van der Waals surface area contributed by atoms with Gasteiger partial charge in [0.1, 0.15) is 0 Å². The van der Waals surface area contributed by atoms with Crippen LogP contribution in [0.2, 0.25) is 0 Å². The van der Waals surface area contributed by atoms with Crippen LogP contribution in [-0.2, 0) is 6.42 Å². The van der Waals surface area contributed by atoms with Crippen LogP contribution < -0.4 is 5.32 Å². The first kappa shape index (κ1) is 14.8. The molecule has 0 fully saturated rings. The van der Waals surface area contributed by atoms with E-state index in [1.165, 1.54) is 10.3 Å². The zero-order valence-corrected chi connectivity index (χ0v) is 14.0. The average Bonchev–Trinajstić information content (AvgIpc) is 3.04. The Morgan fingerprint density at radius 2 is 1.83 bits per heavy atom. The number of aryl methyl sites for hydroxylation is 1. The predicted molar refractivity (Wildman–Crippen MR) is 99.7 cm³/mol. The largest absolute Gasteiger partial charge is 0.315 e. The number of fused-ring (bicyclic) bond motifs is 1. The van der Waals surface area contributed by atoms with Gasteiger partial charge >= 0.3 is 0 Å². The van der Waals surface area contributed by atoms with Crippen molar-refractivity contribution in [1.82, 2.24) is 15.2 Å². The average molecular weight is 332 g/mol. The zero-order valence-electron chi connectivity index (χ0n) is 13.2. The lowest BCUT2D eigenvalue weighted by atomic mass is 10.1. The molecule has 118 valence electrons. The van der Waals surface area contributed by atoms with Crippen molar-refractivity contribution in [1.29, 1.82) is 0 Å². The Balaban J connectivity index is 1.57. The van der Waals surface area contributed by atoms with E-state index in [1.807, 2.05) is 42.5 Å². The third-order valence-corrected chi connectivity index (χ3v) is 4.76. The van der Waals surface area contributed by atoms with Gasteiger partial charge in [-0.15, -0.1) is 10.2 Å². The fourth-order valence-corrected chi connectivity index (χ4v) is 3.45. The van der Waals surface area contributed by atoms with E-state index in [0.29, 0.717) is 5.82 Å². The lowest BCUT2D eigenvalue weighted by Crippen LogP contribution is -1.95. The number of hydrogen-bond acceptors (Lipinski definition) is 5. The highest BCUT2D eigenvalue weighted by Gasteiger charge is 2.06. The van der Waals surface area contributed by atoms with Crippen LogP contribution in [0.3, 0.4) is 0 Å². The number of rotatable bonds is 4. The normalized spacial score (nSPS) is 10.9. The highest BCUT2D eigenvalue weighted by molar-refractivity contribution is 7.22. The number of benzene rings is 2. The molecule has 0 saturated carbocycles. The minimum absolute atomic E-state index is 0.699. The Bertz CT molecular complexity index is 962. The van der Waals surface area contributed by atoms with Crippen LogP contribution in [0, 0.1) is 0 Å². The van der Waals surface area contributed by atoms with Gasteiger partial charge in [-0.3, -0.25) is 0 Å². The number of aromatic nitrogens is 3. The Hall–Kier alpha value is -2.79. The van der Waals surface area contributed by atoms with E-state index < -0.39 is 0 Å². The zero-order chi connectivity index (χ0) is 16.4. The van der Waals surface area contributed by atoms with Crippen molar-refractivity contribution in [2.45, 2.75) is 13.3 Å². The number of nitrogens with zero attached hydrogens (tertiary/aromatic N) is 3. The molecule has 0 aliphatic rings. The third kappa shape index (κ3) is 2.98. The monoisotopic (exact) mass is 332 g/mol. The van der Waals surface area contributed by atoms with Crippen molar-refractivity contribution in [3.63, 3.8) is 0 Å². The molecule has 1 N–H and O–H groups in total. The number of hydrogen-bond donors (Lipinski definition) is 1. The summed E-state index contributed by atoms with van der Waals surface area (Å²) in [6.07, 6.45) is 1.03. The molecule has 4 aromatic rings. The van der Waals surface area contributed by atoms with E-state index in [1.54, 1.807) is 11.3 Å². The maximum absolute atomic E-state index is 4.60. The second-order valence-electron chi connectivity index (χ2n) is 5.47. The van der Waals surface area contributed by atoms with E-state index >= 15 is 0 Å². The molecule has 2 aromatic carbocycles. The van der Waals surface area contributed by atoms with Gasteiger partial charge in [-0.05, 0) is 36.2 Å². The smallest absolute Gasteiger partial charge is 0.189 e. The van der Waals surface area contributed by atoms with E-state index in [2.05, 4.69) is 45.6 Å². The summed E-state index contributed by atoms with van der Waals surface area (Å²) in [5.41, 5.74) is 4.25. The Labute approximate surface area is 144 Å². The van der Waals surface area contributed by atoms with Gasteiger partial charge in [0.25, 0.3) is 0 Å². The lowest BCUT2D eigenvalue weighted by Gasteiger charge is -2.02. The number of nitrogens with one attached hydrogen (secondary N) is 1. The van der Waals surface area contributed by atoms with Gasteiger partial charge in [0.2, 0.25) is 0 Å². The minimum atomic E-state index is 0.699. The predicted octanol–water partition coefficient (Wildman–Crippen LogP) is 5.06. The van der Waals surface area contributed by atoms with Crippen LogP contribution in [-0.4, -0.2) is 15.2 Å². The Morgan fingerprint density at radius 3 is 2.58 bits per heavy atom. The maximum atomic E-state index is 4.60. The SMILES string of the molecule is CCc1ccc2nc(Nc3ccc(-c4ccccc4)nn3)sc2c1. The van der Waals surface area contributed by atoms with Gasteiger partial charge in [-0.2, -0.15) is 0 Å². The molecule has 0 saturated heterocycles. The lowest BCUT2D eigenvalue weighted by molar-refractivity contribution is 1.04. The third-order valence-electron chi connectivity index (χ3n) is 3.83. The van der Waals surface area contributed by atoms with E-state index in [0.717, 1.165) is 28.3 Å². The molecule has 5 heteroatoms. The molecule has 2 aromatic heterocycles. The summed E-state index contributed by atoms with van der Waals surface area (Å²) >= 11 is 1.63. The van der Waals surface area contributed by atoms with Gasteiger partial charge in [-0.1, -0.05) is 54.7 Å². The fraction of sp³-hybridized carbons (Fsp3) is 0.105. The maximum Gasteiger partial charge on any atom is 0.189 e. The van der Waals surface area contributed by atoms with Crippen LogP contribution in [0.4, 0.5) is 10.9 Å². The minimum Gasteiger partial charge on any atom is -0.315 e. The Morgan fingerprint density at radius 1 is 0.958 bits per heavy atom. The highest BCUT2D eigenvalue weighted by atomic mass is 32.1. The summed E-state index contributed by atoms with van der Waals surface area (Å²) in [6.45, 7) is 2.16. The molecule has 0 unspecified atom stereocenters. The van der Waals surface area contributed by atoms with Crippen molar-refractivity contribution in [3.8, 4) is 11.3 Å². The van der Waals surface area contributed by atoms with Gasteiger partial charge < -0.3 is 5.32 Å². The number of anilines is 2. The summed E-state index contributed by atoms with van der Waals surface area (Å²) < 4.78 is 1.19. The van der Waals surface area contributed by atoms with E-state index in [-0.39, 0.29) is 0 Å². The summed E-state index contributed by atoms with van der Waals surface area (Å²) in [7, 11) is 0. The molecule has 0 bridgehead atoms. The molecule has 4 nitrogen and oxygen atoms in total. The topological polar surface area (TPSA) is 50.7 Å². The standard InChI is InChI=1S/C19H16N4S/c1-2-13-8-9-16-17(12-13)24-19(20-16)21-18-11-10-15(22-23-18)14-6-4-3-5-7-14/h3-12H,2H2,1H3,(H,20,21,23).